The van der Waals surface area contributed by atoms with Gasteiger partial charge in [0, 0.05) is 5.02 Å². The zero-order valence-electron chi connectivity index (χ0n) is 11.1. The SMILES string of the molecule is Cc1nn(C(C)c2cc(F)c(Cl)cc2Cl)c(N)c1[N+](=O)[O-]. The van der Waals surface area contributed by atoms with E-state index >= 15 is 0 Å². The Labute approximate surface area is 129 Å². The van der Waals surface area contributed by atoms with Crippen LogP contribution in [-0.2, 0) is 0 Å². The average Bonchev–Trinajstić information content (AvgIpc) is 2.68. The van der Waals surface area contributed by atoms with Gasteiger partial charge in [-0.05, 0) is 31.5 Å². The topological polar surface area (TPSA) is 87.0 Å². The first kappa shape index (κ1) is 15.5. The van der Waals surface area contributed by atoms with Gasteiger partial charge in [0.2, 0.25) is 5.82 Å². The highest BCUT2D eigenvalue weighted by molar-refractivity contribution is 6.35. The number of rotatable bonds is 3. The van der Waals surface area contributed by atoms with E-state index in [1.165, 1.54) is 17.7 Å². The summed E-state index contributed by atoms with van der Waals surface area (Å²) in [6, 6.07) is 1.85. The van der Waals surface area contributed by atoms with Crippen molar-refractivity contribution in [2.45, 2.75) is 19.9 Å². The van der Waals surface area contributed by atoms with E-state index in [1.54, 1.807) is 6.92 Å². The number of nitrogens with zero attached hydrogens (tertiary/aromatic N) is 3. The van der Waals surface area contributed by atoms with Crippen molar-refractivity contribution in [3.8, 4) is 0 Å². The van der Waals surface area contributed by atoms with E-state index in [9.17, 15) is 14.5 Å². The summed E-state index contributed by atoms with van der Waals surface area (Å²) in [5.74, 6) is -0.753. The second-order valence-corrected chi connectivity index (χ2v) is 5.30. The van der Waals surface area contributed by atoms with Crippen molar-refractivity contribution >= 4 is 34.7 Å². The average molecular weight is 333 g/mol. The summed E-state index contributed by atoms with van der Waals surface area (Å²) in [5, 5.41) is 15.1. The van der Waals surface area contributed by atoms with Crippen molar-refractivity contribution < 1.29 is 9.31 Å². The van der Waals surface area contributed by atoms with Crippen LogP contribution in [-0.4, -0.2) is 14.7 Å². The van der Waals surface area contributed by atoms with Crippen molar-refractivity contribution in [2.24, 2.45) is 0 Å². The van der Waals surface area contributed by atoms with Gasteiger partial charge in [0.25, 0.3) is 0 Å². The molecule has 1 aromatic carbocycles. The Balaban J connectivity index is 2.55. The van der Waals surface area contributed by atoms with Crippen LogP contribution < -0.4 is 5.73 Å². The lowest BCUT2D eigenvalue weighted by Gasteiger charge is -2.16. The van der Waals surface area contributed by atoms with Crippen molar-refractivity contribution in [3.05, 3.63) is 49.4 Å². The molecule has 1 aromatic heterocycles. The second-order valence-electron chi connectivity index (χ2n) is 4.48. The molecular weight excluding hydrogens is 322 g/mol. The molecule has 0 aliphatic carbocycles. The van der Waals surface area contributed by atoms with Gasteiger partial charge in [-0.15, -0.1) is 0 Å². The maximum atomic E-state index is 13.6. The minimum absolute atomic E-state index is 0.105. The molecule has 0 saturated heterocycles. The molecule has 0 bridgehead atoms. The predicted octanol–water partition coefficient (Wildman–Crippen LogP) is 3.74. The van der Waals surface area contributed by atoms with Gasteiger partial charge in [0.15, 0.2) is 0 Å². The smallest absolute Gasteiger partial charge is 0.333 e. The highest BCUT2D eigenvalue weighted by atomic mass is 35.5. The summed E-state index contributed by atoms with van der Waals surface area (Å²) in [6.45, 7) is 3.13. The molecule has 0 fully saturated rings. The van der Waals surface area contributed by atoms with E-state index in [-0.39, 0.29) is 27.2 Å². The molecule has 0 amide bonds. The summed E-state index contributed by atoms with van der Waals surface area (Å²) < 4.78 is 14.8. The molecule has 1 heterocycles. The highest BCUT2D eigenvalue weighted by Gasteiger charge is 2.27. The quantitative estimate of drug-likeness (QED) is 0.527. The maximum Gasteiger partial charge on any atom is 0.333 e. The number of nitrogens with two attached hydrogens (primary N) is 1. The van der Waals surface area contributed by atoms with Gasteiger partial charge in [-0.1, -0.05) is 23.2 Å². The first-order valence-corrected chi connectivity index (χ1v) is 6.63. The first-order chi connectivity index (χ1) is 9.73. The zero-order valence-corrected chi connectivity index (χ0v) is 12.6. The summed E-state index contributed by atoms with van der Waals surface area (Å²) in [7, 11) is 0. The zero-order chi connectivity index (χ0) is 15.9. The Kier molecular flexibility index (Phi) is 4.06. The number of hydrogen-bond donors (Lipinski definition) is 1. The van der Waals surface area contributed by atoms with E-state index in [2.05, 4.69) is 5.10 Å². The van der Waals surface area contributed by atoms with Gasteiger partial charge < -0.3 is 5.73 Å². The first-order valence-electron chi connectivity index (χ1n) is 5.87. The van der Waals surface area contributed by atoms with Crippen LogP contribution in [0.3, 0.4) is 0 Å². The number of anilines is 1. The maximum absolute atomic E-state index is 13.6. The van der Waals surface area contributed by atoms with E-state index < -0.39 is 16.8 Å². The van der Waals surface area contributed by atoms with Gasteiger partial charge in [0.05, 0.1) is 16.0 Å². The monoisotopic (exact) mass is 332 g/mol. The molecule has 1 atom stereocenters. The fourth-order valence-corrected chi connectivity index (χ4v) is 2.61. The fourth-order valence-electron chi connectivity index (χ4n) is 2.07. The molecule has 6 nitrogen and oxygen atoms in total. The molecule has 2 rings (SSSR count). The minimum atomic E-state index is -0.639. The molecule has 112 valence electrons. The Morgan fingerprint density at radius 2 is 2.05 bits per heavy atom. The number of halogens is 3. The molecular formula is C12H11Cl2FN4O2. The van der Waals surface area contributed by atoms with Gasteiger partial charge in [0.1, 0.15) is 11.5 Å². The molecule has 0 saturated carbocycles. The van der Waals surface area contributed by atoms with Crippen molar-refractivity contribution in [3.63, 3.8) is 0 Å². The van der Waals surface area contributed by atoms with Crippen molar-refractivity contribution in [2.75, 3.05) is 5.73 Å². The van der Waals surface area contributed by atoms with Crippen LogP contribution in [0.5, 0.6) is 0 Å². The summed E-state index contributed by atoms with van der Waals surface area (Å²) >= 11 is 11.7. The number of aromatic nitrogens is 2. The van der Waals surface area contributed by atoms with Crippen molar-refractivity contribution in [1.82, 2.24) is 9.78 Å². The molecule has 2 N–H and O–H groups in total. The lowest BCUT2D eigenvalue weighted by Crippen LogP contribution is -2.12. The van der Waals surface area contributed by atoms with Crippen LogP contribution >= 0.6 is 23.2 Å². The normalized spacial score (nSPS) is 12.4. The number of aryl methyl sites for hydroxylation is 1. The van der Waals surface area contributed by atoms with Gasteiger partial charge in [-0.25, -0.2) is 9.07 Å². The molecule has 0 radical (unpaired) electrons. The van der Waals surface area contributed by atoms with Crippen molar-refractivity contribution in [1.29, 1.82) is 0 Å². The molecule has 0 aliphatic rings. The fraction of sp³-hybridized carbons (Fsp3) is 0.250. The second kappa shape index (κ2) is 5.50. The highest BCUT2D eigenvalue weighted by Crippen LogP contribution is 2.34. The standard InChI is InChI=1S/C12H11Cl2FN4O2/c1-5-11(19(20)21)12(16)18(17-5)6(2)7-3-10(15)9(14)4-8(7)13/h3-4,6H,16H2,1-2H3. The van der Waals surface area contributed by atoms with Crippen LogP contribution in [0.25, 0.3) is 0 Å². The number of hydrogen-bond acceptors (Lipinski definition) is 4. The van der Waals surface area contributed by atoms with E-state index in [0.29, 0.717) is 5.56 Å². The number of nitrogen functional groups attached to an aromatic ring is 1. The van der Waals surface area contributed by atoms with Gasteiger partial charge >= 0.3 is 5.69 Å². The van der Waals surface area contributed by atoms with Crippen LogP contribution in [0.15, 0.2) is 12.1 Å². The van der Waals surface area contributed by atoms with E-state index in [4.69, 9.17) is 28.9 Å². The molecule has 21 heavy (non-hydrogen) atoms. The lowest BCUT2D eigenvalue weighted by atomic mass is 10.1. The van der Waals surface area contributed by atoms with Crippen LogP contribution in [0.1, 0.15) is 24.2 Å². The molecule has 0 spiro atoms. The van der Waals surface area contributed by atoms with Gasteiger partial charge in [-0.2, -0.15) is 5.10 Å². The number of nitro groups is 1. The minimum Gasteiger partial charge on any atom is -0.378 e. The van der Waals surface area contributed by atoms with Crippen LogP contribution in [0.2, 0.25) is 10.0 Å². The Bertz CT molecular complexity index is 733. The largest absolute Gasteiger partial charge is 0.378 e. The third kappa shape index (κ3) is 2.66. The summed E-state index contributed by atoms with van der Waals surface area (Å²) in [4.78, 5) is 10.3. The predicted molar refractivity (Wildman–Crippen MR) is 78.3 cm³/mol. The lowest BCUT2D eigenvalue weighted by molar-refractivity contribution is -0.384. The third-order valence-corrected chi connectivity index (χ3v) is 3.75. The Morgan fingerprint density at radius 3 is 2.57 bits per heavy atom. The third-order valence-electron chi connectivity index (χ3n) is 3.13. The molecule has 2 aromatic rings. The molecule has 9 heteroatoms. The van der Waals surface area contributed by atoms with Gasteiger partial charge in [-0.3, -0.25) is 10.1 Å². The molecule has 0 aliphatic heterocycles. The Hall–Kier alpha value is -1.86. The van der Waals surface area contributed by atoms with E-state index in [0.717, 1.165) is 6.07 Å². The summed E-state index contributed by atoms with van der Waals surface area (Å²) in [6.07, 6.45) is 0. The van der Waals surface area contributed by atoms with E-state index in [1.807, 2.05) is 0 Å². The van der Waals surface area contributed by atoms with Crippen LogP contribution in [0, 0.1) is 22.9 Å². The van der Waals surface area contributed by atoms with Crippen LogP contribution in [0.4, 0.5) is 15.9 Å². The molecule has 1 unspecified atom stereocenters. The Morgan fingerprint density at radius 1 is 1.43 bits per heavy atom. The summed E-state index contributed by atoms with van der Waals surface area (Å²) in [5.41, 5.74) is 6.04. The number of benzene rings is 1.